The van der Waals surface area contributed by atoms with Crippen LogP contribution in [-0.2, 0) is 9.59 Å². The molecule has 2 aliphatic rings. The van der Waals surface area contributed by atoms with Gasteiger partial charge >= 0.3 is 5.97 Å². The number of aliphatic carboxylic acids is 1. The van der Waals surface area contributed by atoms with Gasteiger partial charge in [0.2, 0.25) is 5.91 Å². The fraction of sp³-hybridized carbons (Fsp3) is 0.857. The van der Waals surface area contributed by atoms with E-state index in [1.54, 1.807) is 0 Å². The third kappa shape index (κ3) is 3.47. The zero-order valence-electron chi connectivity index (χ0n) is 11.3. The molecular formula is C14H23NO4. The molecule has 1 amide bonds. The maximum Gasteiger partial charge on any atom is 0.326 e. The number of aliphatic hydroxyl groups excluding tert-OH is 1. The summed E-state index contributed by atoms with van der Waals surface area (Å²) < 4.78 is 0. The van der Waals surface area contributed by atoms with Gasteiger partial charge in [0.05, 0.1) is 6.10 Å². The molecule has 1 saturated heterocycles. The van der Waals surface area contributed by atoms with Crippen LogP contribution in [-0.4, -0.2) is 45.7 Å². The molecule has 2 rings (SSSR count). The Labute approximate surface area is 113 Å². The standard InChI is InChI=1S/C14H23NO4/c16-12(10-4-2-1-3-5-10)8-9-15-11(14(18)19)6-7-13(15)17/h10-12,16H,1-9H2,(H,18,19)/t11-,12-/m1/s1. The predicted octanol–water partition coefficient (Wildman–Crippen LogP) is 1.39. The molecule has 0 aromatic heterocycles. The molecule has 0 unspecified atom stereocenters. The van der Waals surface area contributed by atoms with E-state index in [1.807, 2.05) is 0 Å². The Morgan fingerprint density at radius 3 is 2.58 bits per heavy atom. The van der Waals surface area contributed by atoms with Crippen LogP contribution in [0.4, 0.5) is 0 Å². The number of likely N-dealkylation sites (tertiary alicyclic amines) is 1. The van der Waals surface area contributed by atoms with E-state index in [1.165, 1.54) is 24.2 Å². The fourth-order valence-electron chi connectivity index (χ4n) is 3.30. The zero-order chi connectivity index (χ0) is 13.8. The van der Waals surface area contributed by atoms with E-state index in [-0.39, 0.29) is 5.91 Å². The number of carbonyl (C=O) groups is 2. The average molecular weight is 269 g/mol. The van der Waals surface area contributed by atoms with Crippen molar-refractivity contribution in [2.24, 2.45) is 5.92 Å². The summed E-state index contributed by atoms with van der Waals surface area (Å²) in [7, 11) is 0. The minimum Gasteiger partial charge on any atom is -0.480 e. The van der Waals surface area contributed by atoms with Crippen molar-refractivity contribution in [1.29, 1.82) is 0 Å². The van der Waals surface area contributed by atoms with Crippen molar-refractivity contribution in [3.05, 3.63) is 0 Å². The maximum atomic E-state index is 11.7. The summed E-state index contributed by atoms with van der Waals surface area (Å²) in [5, 5.41) is 19.2. The van der Waals surface area contributed by atoms with Gasteiger partial charge < -0.3 is 15.1 Å². The van der Waals surface area contributed by atoms with E-state index >= 15 is 0 Å². The van der Waals surface area contributed by atoms with Crippen LogP contribution < -0.4 is 0 Å². The van der Waals surface area contributed by atoms with Crippen molar-refractivity contribution in [3.63, 3.8) is 0 Å². The molecule has 0 aromatic carbocycles. The topological polar surface area (TPSA) is 77.8 Å². The van der Waals surface area contributed by atoms with Crippen LogP contribution in [0.1, 0.15) is 51.4 Å². The second-order valence-corrected chi connectivity index (χ2v) is 5.73. The van der Waals surface area contributed by atoms with Crippen molar-refractivity contribution in [3.8, 4) is 0 Å². The molecule has 108 valence electrons. The van der Waals surface area contributed by atoms with Gasteiger partial charge in [-0.3, -0.25) is 4.79 Å². The van der Waals surface area contributed by atoms with Crippen LogP contribution in [0, 0.1) is 5.92 Å². The molecule has 0 aromatic rings. The Balaban J connectivity index is 1.83. The van der Waals surface area contributed by atoms with Crippen molar-refractivity contribution in [2.45, 2.75) is 63.5 Å². The first-order chi connectivity index (χ1) is 9.09. The highest BCUT2D eigenvalue weighted by Gasteiger charge is 2.36. The number of hydrogen-bond donors (Lipinski definition) is 2. The summed E-state index contributed by atoms with van der Waals surface area (Å²) in [6, 6.07) is -0.689. The highest BCUT2D eigenvalue weighted by atomic mass is 16.4. The quantitative estimate of drug-likeness (QED) is 0.790. The highest BCUT2D eigenvalue weighted by molar-refractivity contribution is 5.87. The number of carbonyl (C=O) groups excluding carboxylic acids is 1. The number of nitrogens with zero attached hydrogens (tertiary/aromatic N) is 1. The second kappa shape index (κ2) is 6.37. The molecule has 19 heavy (non-hydrogen) atoms. The first kappa shape index (κ1) is 14.3. The summed E-state index contributed by atoms with van der Waals surface area (Å²) in [5.74, 6) is -0.698. The minimum absolute atomic E-state index is 0.0942. The van der Waals surface area contributed by atoms with Crippen molar-refractivity contribution < 1.29 is 19.8 Å². The van der Waals surface area contributed by atoms with Crippen molar-refractivity contribution >= 4 is 11.9 Å². The number of hydrogen-bond acceptors (Lipinski definition) is 3. The first-order valence-corrected chi connectivity index (χ1v) is 7.30. The molecule has 2 fully saturated rings. The van der Waals surface area contributed by atoms with Gasteiger partial charge in [0, 0.05) is 13.0 Å². The normalized spacial score (nSPS) is 26.7. The van der Waals surface area contributed by atoms with Crippen LogP contribution >= 0.6 is 0 Å². The lowest BCUT2D eigenvalue weighted by Gasteiger charge is -2.29. The molecule has 0 bridgehead atoms. The third-order valence-corrected chi connectivity index (χ3v) is 4.47. The monoisotopic (exact) mass is 269 g/mol. The Morgan fingerprint density at radius 2 is 1.95 bits per heavy atom. The Hall–Kier alpha value is -1.10. The van der Waals surface area contributed by atoms with Crippen LogP contribution in [0.15, 0.2) is 0 Å². The van der Waals surface area contributed by atoms with E-state index < -0.39 is 18.1 Å². The number of aliphatic hydroxyl groups is 1. The maximum absolute atomic E-state index is 11.7. The van der Waals surface area contributed by atoms with Gasteiger partial charge in [0.1, 0.15) is 6.04 Å². The van der Waals surface area contributed by atoms with Gasteiger partial charge in [0.25, 0.3) is 0 Å². The van der Waals surface area contributed by atoms with Crippen LogP contribution in [0.25, 0.3) is 0 Å². The first-order valence-electron chi connectivity index (χ1n) is 7.30. The summed E-state index contributed by atoms with van der Waals surface area (Å²) in [6.45, 7) is 0.369. The Morgan fingerprint density at radius 1 is 1.26 bits per heavy atom. The lowest BCUT2D eigenvalue weighted by Crippen LogP contribution is -2.40. The predicted molar refractivity (Wildman–Crippen MR) is 69.6 cm³/mol. The van der Waals surface area contributed by atoms with E-state index in [0.29, 0.717) is 31.7 Å². The van der Waals surface area contributed by atoms with Gasteiger partial charge in [-0.25, -0.2) is 4.79 Å². The summed E-state index contributed by atoms with van der Waals surface area (Å²) in [5.41, 5.74) is 0. The minimum atomic E-state index is -0.932. The van der Waals surface area contributed by atoms with Gasteiger partial charge in [0.15, 0.2) is 0 Å². The highest BCUT2D eigenvalue weighted by Crippen LogP contribution is 2.28. The molecule has 0 radical (unpaired) electrons. The molecule has 1 aliphatic carbocycles. The number of carboxylic acids is 1. The summed E-state index contributed by atoms with van der Waals surface area (Å²) in [4.78, 5) is 24.1. The van der Waals surface area contributed by atoms with E-state index in [0.717, 1.165) is 12.8 Å². The lowest BCUT2D eigenvalue weighted by atomic mass is 9.84. The average Bonchev–Trinajstić information content (AvgIpc) is 2.78. The number of amides is 1. The fourth-order valence-corrected chi connectivity index (χ4v) is 3.30. The SMILES string of the molecule is O=C(O)[C@H]1CCC(=O)N1CC[C@@H](O)C1CCCCC1. The molecule has 2 atom stereocenters. The van der Waals surface area contributed by atoms with Crippen LogP contribution in [0.5, 0.6) is 0 Å². The molecule has 5 nitrogen and oxygen atoms in total. The summed E-state index contributed by atoms with van der Waals surface area (Å²) in [6.07, 6.45) is 6.50. The Kier molecular flexibility index (Phi) is 4.80. The third-order valence-electron chi connectivity index (χ3n) is 4.47. The van der Waals surface area contributed by atoms with E-state index in [4.69, 9.17) is 5.11 Å². The number of rotatable bonds is 5. The van der Waals surface area contributed by atoms with Gasteiger partial charge in [-0.05, 0) is 31.6 Å². The molecule has 2 N–H and O–H groups in total. The molecule has 1 aliphatic heterocycles. The largest absolute Gasteiger partial charge is 0.480 e. The molecule has 1 heterocycles. The van der Waals surface area contributed by atoms with Crippen molar-refractivity contribution in [2.75, 3.05) is 6.54 Å². The molecule has 5 heteroatoms. The smallest absolute Gasteiger partial charge is 0.326 e. The zero-order valence-corrected chi connectivity index (χ0v) is 11.3. The second-order valence-electron chi connectivity index (χ2n) is 5.73. The van der Waals surface area contributed by atoms with Gasteiger partial charge in [-0.15, -0.1) is 0 Å². The van der Waals surface area contributed by atoms with E-state index in [9.17, 15) is 14.7 Å². The van der Waals surface area contributed by atoms with Crippen LogP contribution in [0.3, 0.4) is 0 Å². The van der Waals surface area contributed by atoms with Gasteiger partial charge in [-0.1, -0.05) is 19.3 Å². The van der Waals surface area contributed by atoms with Crippen molar-refractivity contribution in [1.82, 2.24) is 4.90 Å². The summed E-state index contributed by atoms with van der Waals surface area (Å²) >= 11 is 0. The lowest BCUT2D eigenvalue weighted by molar-refractivity contribution is -0.146. The Bertz CT molecular complexity index is 338. The molecule has 0 spiro atoms. The molecular weight excluding hydrogens is 246 g/mol. The molecule has 1 saturated carbocycles. The van der Waals surface area contributed by atoms with E-state index in [2.05, 4.69) is 0 Å². The van der Waals surface area contributed by atoms with Gasteiger partial charge in [-0.2, -0.15) is 0 Å². The number of carboxylic acid groups (broad SMARTS) is 1. The van der Waals surface area contributed by atoms with Crippen LogP contribution in [0.2, 0.25) is 0 Å².